The normalized spacial score (nSPS) is 32.3. The van der Waals surface area contributed by atoms with Gasteiger partial charge < -0.3 is 16.0 Å². The highest BCUT2D eigenvalue weighted by Gasteiger charge is 2.38. The minimum absolute atomic E-state index is 0. The number of amides is 2. The van der Waals surface area contributed by atoms with Crippen molar-refractivity contribution in [2.24, 2.45) is 29.4 Å². The van der Waals surface area contributed by atoms with Gasteiger partial charge in [0.25, 0.3) is 0 Å². The summed E-state index contributed by atoms with van der Waals surface area (Å²) in [7, 11) is 0. The Balaban J connectivity index is 0.00000225. The summed E-state index contributed by atoms with van der Waals surface area (Å²) >= 11 is 0. The molecule has 6 heteroatoms. The van der Waals surface area contributed by atoms with Crippen LogP contribution in [0.1, 0.15) is 57.8 Å². The van der Waals surface area contributed by atoms with E-state index in [9.17, 15) is 9.59 Å². The number of nitrogens with two attached hydrogens (primary N) is 1. The summed E-state index contributed by atoms with van der Waals surface area (Å²) in [6, 6.07) is 0. The third-order valence-corrected chi connectivity index (χ3v) is 6.44. The number of piperidine rings is 1. The monoisotopic (exact) mass is 371 g/mol. The predicted molar refractivity (Wildman–Crippen MR) is 101 cm³/mol. The lowest BCUT2D eigenvalue weighted by atomic mass is 9.67. The molecular weight excluding hydrogens is 338 g/mol. The Hall–Kier alpha value is -0.810. The van der Waals surface area contributed by atoms with Crippen molar-refractivity contribution in [3.63, 3.8) is 0 Å². The molecule has 2 saturated carbocycles. The van der Waals surface area contributed by atoms with Gasteiger partial charge in [-0.25, -0.2) is 0 Å². The van der Waals surface area contributed by atoms with Gasteiger partial charge in [0.05, 0.1) is 5.92 Å². The van der Waals surface area contributed by atoms with E-state index in [0.717, 1.165) is 44.1 Å². The van der Waals surface area contributed by atoms with Gasteiger partial charge in [0.1, 0.15) is 0 Å². The van der Waals surface area contributed by atoms with Crippen molar-refractivity contribution in [2.75, 3.05) is 26.2 Å². The molecule has 4 atom stereocenters. The maximum atomic E-state index is 13.0. The van der Waals surface area contributed by atoms with Crippen molar-refractivity contribution >= 4 is 24.2 Å². The lowest BCUT2D eigenvalue weighted by Gasteiger charge is -2.41. The van der Waals surface area contributed by atoms with E-state index in [0.29, 0.717) is 25.5 Å². The standard InChI is InChI=1S/C19H33N3O2.ClH/c20-9-10-21-18(23)17-6-3-11-22(13-17)19(24)16-8-7-14-4-1-2-5-15(14)12-16;/h14-17H,1-13,20H2,(H,21,23);1H. The predicted octanol–water partition coefficient (Wildman–Crippen LogP) is 2.33. The van der Waals surface area contributed by atoms with Crippen molar-refractivity contribution in [1.29, 1.82) is 0 Å². The second-order valence-corrected chi connectivity index (χ2v) is 8.02. The first-order valence-electron chi connectivity index (χ1n) is 9.95. The van der Waals surface area contributed by atoms with Crippen LogP contribution in [0.15, 0.2) is 0 Å². The molecule has 1 aliphatic heterocycles. The molecule has 0 bridgehead atoms. The number of hydrogen-bond acceptors (Lipinski definition) is 3. The number of likely N-dealkylation sites (tertiary alicyclic amines) is 1. The Morgan fingerprint density at radius 1 is 0.960 bits per heavy atom. The fraction of sp³-hybridized carbons (Fsp3) is 0.895. The van der Waals surface area contributed by atoms with Crippen LogP contribution >= 0.6 is 12.4 Å². The average Bonchev–Trinajstić information content (AvgIpc) is 2.65. The zero-order chi connectivity index (χ0) is 16.9. The Bertz CT molecular complexity index is 460. The molecule has 0 aromatic heterocycles. The van der Waals surface area contributed by atoms with Crippen LogP contribution in [0, 0.1) is 23.7 Å². The van der Waals surface area contributed by atoms with Crippen LogP contribution in [0.4, 0.5) is 0 Å². The smallest absolute Gasteiger partial charge is 0.225 e. The van der Waals surface area contributed by atoms with Gasteiger partial charge in [-0.1, -0.05) is 25.7 Å². The van der Waals surface area contributed by atoms with Gasteiger partial charge in [0.15, 0.2) is 0 Å². The van der Waals surface area contributed by atoms with E-state index in [1.54, 1.807) is 0 Å². The van der Waals surface area contributed by atoms with Crippen molar-refractivity contribution in [2.45, 2.75) is 57.8 Å². The number of hydrogen-bond donors (Lipinski definition) is 2. The van der Waals surface area contributed by atoms with E-state index in [1.165, 1.54) is 32.1 Å². The molecule has 2 aliphatic carbocycles. The molecule has 1 saturated heterocycles. The zero-order valence-corrected chi connectivity index (χ0v) is 16.1. The molecule has 0 spiro atoms. The molecule has 5 nitrogen and oxygen atoms in total. The Morgan fingerprint density at radius 2 is 1.72 bits per heavy atom. The van der Waals surface area contributed by atoms with Gasteiger partial charge in [-0.3, -0.25) is 9.59 Å². The van der Waals surface area contributed by atoms with Crippen molar-refractivity contribution in [1.82, 2.24) is 10.2 Å². The molecule has 144 valence electrons. The third kappa shape index (κ3) is 5.10. The van der Waals surface area contributed by atoms with E-state index in [1.807, 2.05) is 4.90 Å². The summed E-state index contributed by atoms with van der Waals surface area (Å²) in [4.78, 5) is 27.1. The van der Waals surface area contributed by atoms with Gasteiger partial charge >= 0.3 is 0 Å². The molecule has 0 aromatic carbocycles. The maximum Gasteiger partial charge on any atom is 0.225 e. The van der Waals surface area contributed by atoms with Crippen LogP contribution in [-0.2, 0) is 9.59 Å². The lowest BCUT2D eigenvalue weighted by molar-refractivity contribution is -0.141. The Morgan fingerprint density at radius 3 is 2.48 bits per heavy atom. The maximum absolute atomic E-state index is 13.0. The van der Waals surface area contributed by atoms with Gasteiger partial charge in [-0.2, -0.15) is 0 Å². The highest BCUT2D eigenvalue weighted by Crippen LogP contribution is 2.43. The first kappa shape index (κ1) is 20.5. The summed E-state index contributed by atoms with van der Waals surface area (Å²) in [5, 5.41) is 2.88. The summed E-state index contributed by atoms with van der Waals surface area (Å²) in [5.41, 5.74) is 5.45. The molecule has 3 aliphatic rings. The molecule has 1 heterocycles. The fourth-order valence-corrected chi connectivity index (χ4v) is 5.09. The van der Waals surface area contributed by atoms with Crippen LogP contribution in [0.3, 0.4) is 0 Å². The Kier molecular flexibility index (Phi) is 8.01. The van der Waals surface area contributed by atoms with Crippen LogP contribution in [0.5, 0.6) is 0 Å². The molecule has 25 heavy (non-hydrogen) atoms. The second-order valence-electron chi connectivity index (χ2n) is 8.02. The minimum Gasteiger partial charge on any atom is -0.355 e. The number of fused-ring (bicyclic) bond motifs is 1. The number of carbonyl (C=O) groups is 2. The van der Waals surface area contributed by atoms with Crippen LogP contribution in [0.25, 0.3) is 0 Å². The number of rotatable bonds is 4. The van der Waals surface area contributed by atoms with Gasteiger partial charge in [-0.15, -0.1) is 12.4 Å². The molecule has 3 N–H and O–H groups in total. The van der Waals surface area contributed by atoms with Crippen LogP contribution < -0.4 is 11.1 Å². The summed E-state index contributed by atoms with van der Waals surface area (Å²) < 4.78 is 0. The van der Waals surface area contributed by atoms with Crippen molar-refractivity contribution in [3.8, 4) is 0 Å². The number of nitrogens with one attached hydrogen (secondary N) is 1. The molecular formula is C19H34ClN3O2. The first-order valence-corrected chi connectivity index (χ1v) is 9.95. The van der Waals surface area contributed by atoms with Gasteiger partial charge in [-0.05, 0) is 43.9 Å². The van der Waals surface area contributed by atoms with Crippen molar-refractivity contribution < 1.29 is 9.59 Å². The fourth-order valence-electron chi connectivity index (χ4n) is 5.09. The van der Waals surface area contributed by atoms with E-state index < -0.39 is 0 Å². The van der Waals surface area contributed by atoms with Crippen molar-refractivity contribution in [3.05, 3.63) is 0 Å². The number of halogens is 1. The van der Waals surface area contributed by atoms with Crippen LogP contribution in [-0.4, -0.2) is 42.9 Å². The molecule has 0 radical (unpaired) electrons. The molecule has 0 aromatic rings. The molecule has 4 unspecified atom stereocenters. The van der Waals surface area contributed by atoms with E-state index >= 15 is 0 Å². The largest absolute Gasteiger partial charge is 0.355 e. The van der Waals surface area contributed by atoms with E-state index in [2.05, 4.69) is 5.32 Å². The summed E-state index contributed by atoms with van der Waals surface area (Å²) in [5.74, 6) is 2.17. The SMILES string of the molecule is Cl.NCCNC(=O)C1CCCN(C(=O)C2CCC3CCCCC3C2)C1. The lowest BCUT2D eigenvalue weighted by Crippen LogP contribution is -2.48. The average molecular weight is 372 g/mol. The summed E-state index contributed by atoms with van der Waals surface area (Å²) in [6.07, 6.45) is 10.6. The first-order chi connectivity index (χ1) is 11.7. The second kappa shape index (κ2) is 9.77. The quantitative estimate of drug-likeness (QED) is 0.796. The van der Waals surface area contributed by atoms with Gasteiger partial charge in [0.2, 0.25) is 11.8 Å². The minimum atomic E-state index is -0.0553. The molecule has 2 amide bonds. The highest BCUT2D eigenvalue weighted by atomic mass is 35.5. The van der Waals surface area contributed by atoms with E-state index in [-0.39, 0.29) is 30.2 Å². The number of nitrogens with zero attached hydrogens (tertiary/aromatic N) is 1. The zero-order valence-electron chi connectivity index (χ0n) is 15.3. The topological polar surface area (TPSA) is 75.4 Å². The Labute approximate surface area is 157 Å². The van der Waals surface area contributed by atoms with Crippen LogP contribution in [0.2, 0.25) is 0 Å². The van der Waals surface area contributed by atoms with Gasteiger partial charge in [0, 0.05) is 32.1 Å². The molecule has 3 rings (SSSR count). The third-order valence-electron chi connectivity index (χ3n) is 6.44. The molecule has 3 fully saturated rings. The highest BCUT2D eigenvalue weighted by molar-refractivity contribution is 5.85. The number of carbonyl (C=O) groups excluding carboxylic acids is 2. The summed E-state index contributed by atoms with van der Waals surface area (Å²) in [6.45, 7) is 2.41. The van der Waals surface area contributed by atoms with E-state index in [4.69, 9.17) is 5.73 Å².